The van der Waals surface area contributed by atoms with Crippen molar-refractivity contribution in [2.24, 2.45) is 10.2 Å². The van der Waals surface area contributed by atoms with Crippen LogP contribution in [0.4, 0.5) is 11.4 Å². The van der Waals surface area contributed by atoms with E-state index in [9.17, 15) is 9.59 Å². The van der Waals surface area contributed by atoms with Crippen LogP contribution in [-0.4, -0.2) is 45.2 Å². The van der Waals surface area contributed by atoms with Gasteiger partial charge in [-0.15, -0.1) is 0 Å². The van der Waals surface area contributed by atoms with Gasteiger partial charge in [0.25, 0.3) is 5.91 Å². The van der Waals surface area contributed by atoms with Crippen LogP contribution in [0.3, 0.4) is 0 Å². The standard InChI is InChI=1S/C22H25Cl2N3O6/c1-6-32-18-12-15(19(33-7-2)11-14(18)23)25-26-20(13(3)28)22(29)27(24)16-9-8-10-17(30-4)21(16)31-5/h8-12,20H,6-7H2,1-5H3. The van der Waals surface area contributed by atoms with Gasteiger partial charge in [0.1, 0.15) is 22.9 Å². The number of ether oxygens (including phenoxy) is 4. The molecule has 9 nitrogen and oxygen atoms in total. The van der Waals surface area contributed by atoms with E-state index >= 15 is 0 Å². The van der Waals surface area contributed by atoms with Crippen molar-refractivity contribution < 1.29 is 28.5 Å². The molecule has 1 unspecified atom stereocenters. The fourth-order valence-electron chi connectivity index (χ4n) is 2.82. The Kier molecular flexibility index (Phi) is 9.74. The number of carbonyl (C=O) groups excluding carboxylic acids is 2. The number of hydrogen-bond donors (Lipinski definition) is 0. The number of rotatable bonds is 11. The molecule has 11 heteroatoms. The average Bonchev–Trinajstić information content (AvgIpc) is 2.80. The van der Waals surface area contributed by atoms with E-state index in [1.54, 1.807) is 32.0 Å². The van der Waals surface area contributed by atoms with Crippen molar-refractivity contribution in [2.75, 3.05) is 31.9 Å². The number of ketones is 1. The summed E-state index contributed by atoms with van der Waals surface area (Å²) in [5, 5.41) is 8.37. The summed E-state index contributed by atoms with van der Waals surface area (Å²) >= 11 is 12.5. The van der Waals surface area contributed by atoms with Gasteiger partial charge in [0.05, 0.1) is 32.5 Å². The molecule has 0 aromatic heterocycles. The number of nitrogens with zero attached hydrogens (tertiary/aromatic N) is 3. The molecule has 0 bridgehead atoms. The van der Waals surface area contributed by atoms with Gasteiger partial charge < -0.3 is 18.9 Å². The molecule has 0 heterocycles. The van der Waals surface area contributed by atoms with Crippen LogP contribution in [0, 0.1) is 0 Å². The number of anilines is 1. The number of halogens is 2. The SMILES string of the molecule is CCOc1cc(N=NC(C(C)=O)C(=O)N(Cl)c2cccc(OC)c2OC)c(OCC)cc1Cl. The lowest BCUT2D eigenvalue weighted by Crippen LogP contribution is -2.36. The van der Waals surface area contributed by atoms with Crippen LogP contribution in [-0.2, 0) is 9.59 Å². The molecule has 1 atom stereocenters. The highest BCUT2D eigenvalue weighted by Gasteiger charge is 2.31. The van der Waals surface area contributed by atoms with Crippen LogP contribution < -0.4 is 23.4 Å². The van der Waals surface area contributed by atoms with Crippen molar-refractivity contribution in [3.63, 3.8) is 0 Å². The lowest BCUT2D eigenvalue weighted by molar-refractivity contribution is -0.126. The molecule has 0 aliphatic carbocycles. The summed E-state index contributed by atoms with van der Waals surface area (Å²) in [5.41, 5.74) is 0.425. The molecule has 0 fully saturated rings. The first kappa shape index (κ1) is 26.2. The zero-order chi connectivity index (χ0) is 24.5. The highest BCUT2D eigenvalue weighted by molar-refractivity contribution is 6.39. The van der Waals surface area contributed by atoms with Gasteiger partial charge >= 0.3 is 0 Å². The maximum atomic E-state index is 13.1. The molecule has 178 valence electrons. The fraction of sp³-hybridized carbons (Fsp3) is 0.364. The lowest BCUT2D eigenvalue weighted by Gasteiger charge is -2.20. The van der Waals surface area contributed by atoms with Gasteiger partial charge in [-0.25, -0.2) is 4.42 Å². The van der Waals surface area contributed by atoms with Gasteiger partial charge in [0, 0.05) is 23.9 Å². The molecule has 2 aromatic carbocycles. The Labute approximate surface area is 202 Å². The van der Waals surface area contributed by atoms with Crippen LogP contribution in [0.2, 0.25) is 5.02 Å². The molecule has 0 saturated heterocycles. The smallest absolute Gasteiger partial charge is 0.276 e. The van der Waals surface area contributed by atoms with Gasteiger partial charge in [-0.05, 0) is 32.9 Å². The maximum absolute atomic E-state index is 13.1. The molecule has 0 spiro atoms. The fourth-order valence-corrected chi connectivity index (χ4v) is 3.25. The molecule has 0 radical (unpaired) electrons. The number of carbonyl (C=O) groups is 2. The Morgan fingerprint density at radius 3 is 2.27 bits per heavy atom. The highest BCUT2D eigenvalue weighted by atomic mass is 35.5. The monoisotopic (exact) mass is 497 g/mol. The molecule has 0 N–H and O–H groups in total. The minimum absolute atomic E-state index is 0.185. The summed E-state index contributed by atoms with van der Waals surface area (Å²) in [7, 11) is 2.86. The van der Waals surface area contributed by atoms with E-state index in [4.69, 9.17) is 42.3 Å². The first-order valence-corrected chi connectivity index (χ1v) is 10.7. The molecule has 0 saturated carbocycles. The Bertz CT molecular complexity index is 1030. The lowest BCUT2D eigenvalue weighted by atomic mass is 10.2. The highest BCUT2D eigenvalue weighted by Crippen LogP contribution is 2.40. The molecule has 0 aliphatic rings. The normalized spacial score (nSPS) is 11.7. The summed E-state index contributed by atoms with van der Waals surface area (Å²) in [6, 6.07) is 6.35. The summed E-state index contributed by atoms with van der Waals surface area (Å²) in [6.45, 7) is 5.53. The predicted octanol–water partition coefficient (Wildman–Crippen LogP) is 5.38. The average molecular weight is 498 g/mol. The first-order chi connectivity index (χ1) is 15.8. The maximum Gasteiger partial charge on any atom is 0.276 e. The molecule has 2 aromatic rings. The number of Topliss-reactive ketones (excluding diaryl/α,β-unsaturated/α-hetero) is 1. The van der Waals surface area contributed by atoms with Crippen LogP contribution in [0.5, 0.6) is 23.0 Å². The van der Waals surface area contributed by atoms with Gasteiger partial charge in [-0.3, -0.25) is 9.59 Å². The van der Waals surface area contributed by atoms with Gasteiger partial charge in [0.2, 0.25) is 6.04 Å². The van der Waals surface area contributed by atoms with Crippen LogP contribution in [0.25, 0.3) is 0 Å². The van der Waals surface area contributed by atoms with Gasteiger partial charge in [-0.2, -0.15) is 10.2 Å². The third kappa shape index (κ3) is 6.27. The number of amides is 1. The van der Waals surface area contributed by atoms with Crippen molar-refractivity contribution >= 4 is 46.4 Å². The zero-order valence-electron chi connectivity index (χ0n) is 18.9. The number of azo groups is 1. The second-order valence-electron chi connectivity index (χ2n) is 6.48. The van der Waals surface area contributed by atoms with E-state index in [1.165, 1.54) is 33.3 Å². The number of para-hydroxylation sites is 1. The largest absolute Gasteiger partial charge is 0.493 e. The summed E-state index contributed by atoms with van der Waals surface area (Å²) in [4.78, 5) is 25.3. The number of benzene rings is 2. The molecule has 33 heavy (non-hydrogen) atoms. The summed E-state index contributed by atoms with van der Waals surface area (Å²) < 4.78 is 22.3. The third-order valence-electron chi connectivity index (χ3n) is 4.30. The molecular weight excluding hydrogens is 473 g/mol. The van der Waals surface area contributed by atoms with E-state index < -0.39 is 17.7 Å². The topological polar surface area (TPSA) is 99.0 Å². The Balaban J connectivity index is 2.43. The van der Waals surface area contributed by atoms with Crippen molar-refractivity contribution in [2.45, 2.75) is 26.8 Å². The predicted molar refractivity (Wildman–Crippen MR) is 126 cm³/mol. The molecule has 1 amide bonds. The Morgan fingerprint density at radius 2 is 1.70 bits per heavy atom. The molecular formula is C22H25Cl2N3O6. The minimum atomic E-state index is -1.51. The quantitative estimate of drug-likeness (QED) is 0.234. The third-order valence-corrected chi connectivity index (χ3v) is 4.94. The van der Waals surface area contributed by atoms with Crippen LogP contribution >= 0.6 is 23.4 Å². The number of hydrogen-bond acceptors (Lipinski definition) is 8. The van der Waals surface area contributed by atoms with E-state index in [0.717, 1.165) is 4.42 Å². The summed E-state index contributed by atoms with van der Waals surface area (Å²) in [6.07, 6.45) is 0. The van der Waals surface area contributed by atoms with E-state index in [1.807, 2.05) is 0 Å². The van der Waals surface area contributed by atoms with Crippen molar-refractivity contribution in [1.82, 2.24) is 0 Å². The number of methoxy groups -OCH3 is 2. The van der Waals surface area contributed by atoms with Crippen molar-refractivity contribution in [3.05, 3.63) is 35.4 Å². The Morgan fingerprint density at radius 1 is 1.03 bits per heavy atom. The second kappa shape index (κ2) is 12.3. The molecule has 0 aliphatic heterocycles. The summed E-state index contributed by atoms with van der Waals surface area (Å²) in [5.74, 6) is -0.116. The zero-order valence-corrected chi connectivity index (χ0v) is 20.4. The first-order valence-electron chi connectivity index (χ1n) is 10.00. The van der Waals surface area contributed by atoms with Crippen molar-refractivity contribution in [3.8, 4) is 23.0 Å². The van der Waals surface area contributed by atoms with E-state index in [0.29, 0.717) is 35.5 Å². The van der Waals surface area contributed by atoms with E-state index in [2.05, 4.69) is 10.2 Å². The van der Waals surface area contributed by atoms with Crippen molar-refractivity contribution in [1.29, 1.82) is 0 Å². The minimum Gasteiger partial charge on any atom is -0.493 e. The van der Waals surface area contributed by atoms with Crippen LogP contribution in [0.15, 0.2) is 40.6 Å². The van der Waals surface area contributed by atoms with Crippen LogP contribution in [0.1, 0.15) is 20.8 Å². The van der Waals surface area contributed by atoms with Gasteiger partial charge in [0.15, 0.2) is 17.3 Å². The van der Waals surface area contributed by atoms with E-state index in [-0.39, 0.29) is 17.1 Å². The molecule has 2 rings (SSSR count). The van der Waals surface area contributed by atoms with Gasteiger partial charge in [-0.1, -0.05) is 17.7 Å². The Hall–Kier alpha value is -3.04. The second-order valence-corrected chi connectivity index (χ2v) is 7.22.